The molecule has 0 spiro atoms. The maximum atomic E-state index is 12.1. The predicted octanol–water partition coefficient (Wildman–Crippen LogP) is 2.23. The van der Waals surface area contributed by atoms with Gasteiger partial charge in [0.15, 0.2) is 0 Å². The summed E-state index contributed by atoms with van der Waals surface area (Å²) in [6.45, 7) is -3.08. The Morgan fingerprint density at radius 3 is 2.65 bits per heavy atom. The first kappa shape index (κ1) is 13.3. The summed E-state index contributed by atoms with van der Waals surface area (Å²) >= 11 is 3.92. The molecule has 0 unspecified atom stereocenters. The Balaban J connectivity index is 3.32. The Morgan fingerprint density at radius 2 is 2.18 bits per heavy atom. The van der Waals surface area contributed by atoms with Crippen molar-refractivity contribution < 1.29 is 23.0 Å². The maximum Gasteiger partial charge on any atom is 0.387 e. The van der Waals surface area contributed by atoms with Crippen molar-refractivity contribution in [3.63, 3.8) is 0 Å². The highest BCUT2D eigenvalue weighted by Crippen LogP contribution is 2.27. The first-order valence-corrected chi connectivity index (χ1v) is 4.74. The molecule has 17 heavy (non-hydrogen) atoms. The van der Waals surface area contributed by atoms with Gasteiger partial charge in [-0.2, -0.15) is 14.0 Å². The van der Waals surface area contributed by atoms with Gasteiger partial charge in [-0.15, -0.1) is 12.6 Å². The van der Waals surface area contributed by atoms with E-state index in [9.17, 15) is 13.6 Å². The van der Waals surface area contributed by atoms with Gasteiger partial charge >= 0.3 is 12.6 Å². The van der Waals surface area contributed by atoms with Crippen molar-refractivity contribution in [2.24, 2.45) is 0 Å². The van der Waals surface area contributed by atoms with Crippen LogP contribution in [0.3, 0.4) is 0 Å². The summed E-state index contributed by atoms with van der Waals surface area (Å²) < 4.78 is 32.8. The van der Waals surface area contributed by atoms with Crippen molar-refractivity contribution in [3.8, 4) is 11.8 Å². The molecular formula is C10H7F2NO3S. The molecule has 0 atom stereocenters. The number of esters is 1. The number of hydrogen-bond acceptors (Lipinski definition) is 5. The monoisotopic (exact) mass is 259 g/mol. The molecule has 0 N–H and O–H groups in total. The molecule has 0 aliphatic carbocycles. The van der Waals surface area contributed by atoms with Crippen LogP contribution in [-0.2, 0) is 4.74 Å². The summed E-state index contributed by atoms with van der Waals surface area (Å²) in [5.74, 6) is -1.25. The van der Waals surface area contributed by atoms with Gasteiger partial charge in [0.25, 0.3) is 0 Å². The van der Waals surface area contributed by atoms with Crippen LogP contribution in [0.25, 0.3) is 0 Å². The lowest BCUT2D eigenvalue weighted by Gasteiger charge is -2.10. The van der Waals surface area contributed by atoms with Gasteiger partial charge in [0.05, 0.1) is 12.7 Å². The molecular weight excluding hydrogens is 252 g/mol. The number of ether oxygens (including phenoxy) is 2. The number of methoxy groups -OCH3 is 1. The highest BCUT2D eigenvalue weighted by Gasteiger charge is 2.19. The summed E-state index contributed by atoms with van der Waals surface area (Å²) in [6, 6.07) is 3.93. The molecule has 1 rings (SSSR count). The minimum atomic E-state index is -3.08. The summed E-state index contributed by atoms with van der Waals surface area (Å²) in [5, 5.41) is 8.73. The number of benzene rings is 1. The van der Waals surface area contributed by atoms with Crippen molar-refractivity contribution in [1.82, 2.24) is 0 Å². The molecule has 0 amide bonds. The molecule has 1 aromatic rings. The van der Waals surface area contributed by atoms with E-state index < -0.39 is 12.6 Å². The zero-order valence-electron chi connectivity index (χ0n) is 8.61. The van der Waals surface area contributed by atoms with Crippen LogP contribution in [0.1, 0.15) is 15.9 Å². The zero-order chi connectivity index (χ0) is 13.0. The summed E-state index contributed by atoms with van der Waals surface area (Å²) in [5.41, 5.74) is -0.183. The standard InChI is InChI=1S/C10H7F2NO3S/c1-15-9(14)6-2-5(4-13)8(17)3-7(6)16-10(11)12/h2-3,10,17H,1H3. The summed E-state index contributed by atoms with van der Waals surface area (Å²) in [7, 11) is 1.09. The molecule has 0 heterocycles. The molecule has 0 fully saturated rings. The highest BCUT2D eigenvalue weighted by molar-refractivity contribution is 7.80. The average molecular weight is 259 g/mol. The van der Waals surface area contributed by atoms with Crippen LogP contribution in [0.2, 0.25) is 0 Å². The van der Waals surface area contributed by atoms with E-state index >= 15 is 0 Å². The second-order valence-corrected chi connectivity index (χ2v) is 3.33. The van der Waals surface area contributed by atoms with Crippen LogP contribution >= 0.6 is 12.6 Å². The lowest BCUT2D eigenvalue weighted by molar-refractivity contribution is -0.0505. The van der Waals surface area contributed by atoms with E-state index in [0.29, 0.717) is 0 Å². The maximum absolute atomic E-state index is 12.1. The average Bonchev–Trinajstić information content (AvgIpc) is 2.27. The minimum absolute atomic E-state index is 0.0651. The predicted molar refractivity (Wildman–Crippen MR) is 56.4 cm³/mol. The van der Waals surface area contributed by atoms with E-state index in [-0.39, 0.29) is 21.8 Å². The Labute approximate surface area is 101 Å². The number of nitriles is 1. The summed E-state index contributed by atoms with van der Waals surface area (Å²) in [4.78, 5) is 11.4. The van der Waals surface area contributed by atoms with Gasteiger partial charge in [-0.3, -0.25) is 0 Å². The van der Waals surface area contributed by atoms with Crippen LogP contribution in [-0.4, -0.2) is 19.7 Å². The number of nitrogens with zero attached hydrogens (tertiary/aromatic N) is 1. The SMILES string of the molecule is COC(=O)c1cc(C#N)c(S)cc1OC(F)F. The lowest BCUT2D eigenvalue weighted by Crippen LogP contribution is -2.10. The quantitative estimate of drug-likeness (QED) is 0.668. The zero-order valence-corrected chi connectivity index (χ0v) is 9.50. The van der Waals surface area contributed by atoms with Crippen molar-refractivity contribution in [2.75, 3.05) is 7.11 Å². The van der Waals surface area contributed by atoms with Gasteiger partial charge in [0.2, 0.25) is 0 Å². The molecule has 4 nitrogen and oxygen atoms in total. The Hall–Kier alpha value is -1.81. The van der Waals surface area contributed by atoms with Crippen molar-refractivity contribution in [2.45, 2.75) is 11.5 Å². The number of hydrogen-bond donors (Lipinski definition) is 1. The van der Waals surface area contributed by atoms with Crippen molar-refractivity contribution in [3.05, 3.63) is 23.3 Å². The molecule has 7 heteroatoms. The van der Waals surface area contributed by atoms with Crippen LogP contribution in [0, 0.1) is 11.3 Å². The van der Waals surface area contributed by atoms with Crippen LogP contribution in [0.15, 0.2) is 17.0 Å². The first-order chi connectivity index (χ1) is 7.99. The largest absolute Gasteiger partial charge is 0.465 e. The fourth-order valence-electron chi connectivity index (χ4n) is 1.12. The lowest BCUT2D eigenvalue weighted by atomic mass is 10.1. The number of alkyl halides is 2. The molecule has 1 aromatic carbocycles. The number of rotatable bonds is 3. The topological polar surface area (TPSA) is 59.3 Å². The second-order valence-electron chi connectivity index (χ2n) is 2.85. The minimum Gasteiger partial charge on any atom is -0.465 e. The van der Waals surface area contributed by atoms with Crippen molar-refractivity contribution >= 4 is 18.6 Å². The molecule has 0 aliphatic rings. The molecule has 0 aliphatic heterocycles. The highest BCUT2D eigenvalue weighted by atomic mass is 32.1. The summed E-state index contributed by atoms with van der Waals surface area (Å²) in [6.07, 6.45) is 0. The number of carbonyl (C=O) groups excluding carboxylic acids is 1. The van der Waals surface area contributed by atoms with E-state index in [2.05, 4.69) is 22.1 Å². The van der Waals surface area contributed by atoms with E-state index in [1.165, 1.54) is 0 Å². The molecule has 90 valence electrons. The third-order valence-electron chi connectivity index (χ3n) is 1.84. The second kappa shape index (κ2) is 5.50. The van der Waals surface area contributed by atoms with E-state index in [0.717, 1.165) is 19.2 Å². The van der Waals surface area contributed by atoms with Gasteiger partial charge in [-0.05, 0) is 12.1 Å². The van der Waals surface area contributed by atoms with Gasteiger partial charge in [-0.1, -0.05) is 0 Å². The molecule has 0 bridgehead atoms. The van der Waals surface area contributed by atoms with Crippen molar-refractivity contribution in [1.29, 1.82) is 5.26 Å². The number of thiol groups is 1. The van der Waals surface area contributed by atoms with Gasteiger partial charge < -0.3 is 9.47 Å². The third-order valence-corrected chi connectivity index (χ3v) is 2.21. The van der Waals surface area contributed by atoms with E-state index in [1.807, 2.05) is 0 Å². The third kappa shape index (κ3) is 3.07. The molecule has 0 saturated carbocycles. The van der Waals surface area contributed by atoms with E-state index in [1.54, 1.807) is 6.07 Å². The molecule has 0 aromatic heterocycles. The fourth-order valence-corrected chi connectivity index (χ4v) is 1.35. The number of carbonyl (C=O) groups is 1. The van der Waals surface area contributed by atoms with Gasteiger partial charge in [-0.25, -0.2) is 4.79 Å². The Morgan fingerprint density at radius 1 is 1.53 bits per heavy atom. The van der Waals surface area contributed by atoms with Crippen LogP contribution in [0.5, 0.6) is 5.75 Å². The molecule has 0 radical (unpaired) electrons. The van der Waals surface area contributed by atoms with Crippen LogP contribution in [0.4, 0.5) is 8.78 Å². The van der Waals surface area contributed by atoms with Gasteiger partial charge in [0.1, 0.15) is 17.4 Å². The smallest absolute Gasteiger partial charge is 0.387 e. The van der Waals surface area contributed by atoms with E-state index in [4.69, 9.17) is 5.26 Å². The van der Waals surface area contributed by atoms with Gasteiger partial charge in [0, 0.05) is 4.90 Å². The first-order valence-electron chi connectivity index (χ1n) is 4.29. The Bertz CT molecular complexity index is 485. The Kier molecular flexibility index (Phi) is 4.29. The molecule has 0 saturated heterocycles. The normalized spacial score (nSPS) is 9.88. The number of halogens is 2. The fraction of sp³-hybridized carbons (Fsp3) is 0.200. The van der Waals surface area contributed by atoms with Crippen LogP contribution < -0.4 is 4.74 Å².